The molecular weight excluding hydrogens is 550 g/mol. The predicted octanol–water partition coefficient (Wildman–Crippen LogP) is 4.03. The third-order valence-electron chi connectivity index (χ3n) is 8.31. The van der Waals surface area contributed by atoms with Gasteiger partial charge < -0.3 is 14.5 Å². The number of nitrogens with one attached hydrogen (secondary N) is 1. The van der Waals surface area contributed by atoms with Crippen molar-refractivity contribution in [2.75, 3.05) is 57.4 Å². The van der Waals surface area contributed by atoms with E-state index in [1.165, 1.54) is 17.7 Å². The van der Waals surface area contributed by atoms with Crippen LogP contribution in [0.25, 0.3) is 32.5 Å². The first-order valence-corrected chi connectivity index (χ1v) is 15.7. The Balaban J connectivity index is 1.05. The SMILES string of the molecule is O=C(C=CC1CC1)CCC(=O)N1CCN(Cc2cc3nc(-c4cccc5[nH]ncc45)nc(N4CCOCC4)c3s2)CC1. The zero-order valence-electron chi connectivity index (χ0n) is 23.6. The number of H-pyrrole nitrogens is 1. The Labute approximate surface area is 248 Å². The maximum Gasteiger partial charge on any atom is 0.223 e. The van der Waals surface area contributed by atoms with Crippen molar-refractivity contribution in [2.24, 2.45) is 5.92 Å². The van der Waals surface area contributed by atoms with Gasteiger partial charge in [-0.2, -0.15) is 5.10 Å². The number of nitrogens with zero attached hydrogens (tertiary/aromatic N) is 6. The van der Waals surface area contributed by atoms with E-state index in [1.54, 1.807) is 17.4 Å². The van der Waals surface area contributed by atoms with Crippen molar-refractivity contribution in [3.8, 4) is 11.4 Å². The molecule has 10 nitrogen and oxygen atoms in total. The van der Waals surface area contributed by atoms with E-state index in [0.29, 0.717) is 50.9 Å². The fourth-order valence-electron chi connectivity index (χ4n) is 5.69. The van der Waals surface area contributed by atoms with Gasteiger partial charge >= 0.3 is 0 Å². The van der Waals surface area contributed by atoms with Gasteiger partial charge in [0.25, 0.3) is 0 Å². The van der Waals surface area contributed by atoms with Crippen molar-refractivity contribution in [2.45, 2.75) is 32.2 Å². The van der Waals surface area contributed by atoms with Crippen LogP contribution >= 0.6 is 11.3 Å². The van der Waals surface area contributed by atoms with Crippen LogP contribution in [0.5, 0.6) is 0 Å². The van der Waals surface area contributed by atoms with Crippen LogP contribution in [-0.4, -0.2) is 94.1 Å². The summed E-state index contributed by atoms with van der Waals surface area (Å²) in [5.41, 5.74) is 2.88. The lowest BCUT2D eigenvalue weighted by atomic mass is 10.1. The van der Waals surface area contributed by atoms with Gasteiger partial charge in [-0.05, 0) is 37.0 Å². The molecule has 7 rings (SSSR count). The molecule has 0 radical (unpaired) electrons. The van der Waals surface area contributed by atoms with Crippen LogP contribution in [0.4, 0.5) is 5.82 Å². The predicted molar refractivity (Wildman–Crippen MR) is 163 cm³/mol. The topological polar surface area (TPSA) is 108 Å². The number of ketones is 1. The second kappa shape index (κ2) is 11.9. The summed E-state index contributed by atoms with van der Waals surface area (Å²) >= 11 is 1.76. The largest absolute Gasteiger partial charge is 0.378 e. The van der Waals surface area contributed by atoms with Gasteiger partial charge in [-0.3, -0.25) is 19.6 Å². The minimum atomic E-state index is 0.0581. The van der Waals surface area contributed by atoms with Crippen LogP contribution in [0, 0.1) is 5.92 Å². The van der Waals surface area contributed by atoms with Crippen LogP contribution in [-0.2, 0) is 20.9 Å². The third-order valence-corrected chi connectivity index (χ3v) is 9.41. The number of anilines is 1. The standard InChI is InChI=1S/C31H35N7O3S/c39-22(7-6-21-4-5-21)8-9-28(40)37-12-10-36(11-13-37)20-23-18-27-29(42-23)31(38-14-16-41-17-15-38)34-30(33-27)24-2-1-3-26-25(24)19-32-35-26/h1-3,6-7,18-19,21H,4-5,8-17,20H2,(H,32,35). The average Bonchev–Trinajstić information content (AvgIpc) is 3.57. The van der Waals surface area contributed by atoms with E-state index >= 15 is 0 Å². The fourth-order valence-corrected chi connectivity index (χ4v) is 6.85. The molecule has 5 heterocycles. The lowest BCUT2D eigenvalue weighted by Gasteiger charge is -2.34. The Morgan fingerprint density at radius 2 is 1.88 bits per heavy atom. The van der Waals surface area contributed by atoms with Gasteiger partial charge in [0.1, 0.15) is 0 Å². The van der Waals surface area contributed by atoms with Gasteiger partial charge in [-0.15, -0.1) is 11.3 Å². The van der Waals surface area contributed by atoms with Crippen molar-refractivity contribution in [1.29, 1.82) is 0 Å². The number of fused-ring (bicyclic) bond motifs is 2. The van der Waals surface area contributed by atoms with E-state index in [2.05, 4.69) is 32.1 Å². The molecule has 1 N–H and O–H groups in total. The summed E-state index contributed by atoms with van der Waals surface area (Å²) < 4.78 is 6.73. The zero-order valence-corrected chi connectivity index (χ0v) is 24.4. The highest BCUT2D eigenvalue weighted by Gasteiger charge is 2.25. The molecule has 0 spiro atoms. The van der Waals surface area contributed by atoms with E-state index < -0.39 is 0 Å². The first-order chi connectivity index (χ1) is 20.6. The van der Waals surface area contributed by atoms with Crippen molar-refractivity contribution in [3.63, 3.8) is 0 Å². The molecule has 218 valence electrons. The van der Waals surface area contributed by atoms with E-state index in [0.717, 1.165) is 65.2 Å². The molecule has 3 aromatic heterocycles. The molecule has 3 aliphatic rings. The first kappa shape index (κ1) is 27.2. The summed E-state index contributed by atoms with van der Waals surface area (Å²) in [5.74, 6) is 2.38. The van der Waals surface area contributed by atoms with Gasteiger partial charge in [0, 0.05) is 74.5 Å². The van der Waals surface area contributed by atoms with Crippen molar-refractivity contribution in [3.05, 3.63) is 47.5 Å². The highest BCUT2D eigenvalue weighted by atomic mass is 32.1. The highest BCUT2D eigenvalue weighted by Crippen LogP contribution is 2.36. The molecule has 2 aliphatic heterocycles. The number of aromatic nitrogens is 4. The number of carbonyl (C=O) groups excluding carboxylic acids is 2. The second-order valence-corrected chi connectivity index (χ2v) is 12.5. The lowest BCUT2D eigenvalue weighted by molar-refractivity contribution is -0.134. The Hall–Kier alpha value is -3.67. The number of allylic oxidation sites excluding steroid dienone is 2. The molecular formula is C31H35N7O3S. The molecule has 1 saturated carbocycles. The summed E-state index contributed by atoms with van der Waals surface area (Å²) in [6, 6.07) is 8.27. The smallest absolute Gasteiger partial charge is 0.223 e. The molecule has 3 fully saturated rings. The molecule has 42 heavy (non-hydrogen) atoms. The molecule has 1 amide bonds. The average molecular weight is 586 g/mol. The monoisotopic (exact) mass is 585 g/mol. The van der Waals surface area contributed by atoms with E-state index in [-0.39, 0.29) is 11.7 Å². The minimum Gasteiger partial charge on any atom is -0.378 e. The van der Waals surface area contributed by atoms with Gasteiger partial charge in [0.05, 0.1) is 35.1 Å². The Kier molecular flexibility index (Phi) is 7.70. The Morgan fingerprint density at radius 1 is 1.05 bits per heavy atom. The quantitative estimate of drug-likeness (QED) is 0.294. The molecule has 0 unspecified atom stereocenters. The maximum absolute atomic E-state index is 12.7. The zero-order chi connectivity index (χ0) is 28.5. The summed E-state index contributed by atoms with van der Waals surface area (Å²) in [7, 11) is 0. The summed E-state index contributed by atoms with van der Waals surface area (Å²) in [4.78, 5) is 42.8. The second-order valence-electron chi connectivity index (χ2n) is 11.4. The molecule has 0 bridgehead atoms. The van der Waals surface area contributed by atoms with Crippen LogP contribution in [0.3, 0.4) is 0 Å². The van der Waals surface area contributed by atoms with Gasteiger partial charge in [0.2, 0.25) is 5.91 Å². The number of amides is 1. The van der Waals surface area contributed by atoms with E-state index in [1.807, 2.05) is 29.3 Å². The number of thiophene rings is 1. The highest BCUT2D eigenvalue weighted by molar-refractivity contribution is 7.19. The third kappa shape index (κ3) is 5.95. The van der Waals surface area contributed by atoms with Crippen molar-refractivity contribution >= 4 is 50.0 Å². The van der Waals surface area contributed by atoms with Crippen molar-refractivity contribution < 1.29 is 14.3 Å². The fraction of sp³-hybridized carbons (Fsp3) is 0.452. The number of morpholine rings is 1. The molecule has 11 heteroatoms. The van der Waals surface area contributed by atoms with Crippen LogP contribution in [0.15, 0.2) is 42.6 Å². The van der Waals surface area contributed by atoms with E-state index in [9.17, 15) is 9.59 Å². The maximum atomic E-state index is 12.7. The number of hydrogen-bond donors (Lipinski definition) is 1. The first-order valence-electron chi connectivity index (χ1n) is 14.9. The Bertz CT molecular complexity index is 1630. The van der Waals surface area contributed by atoms with E-state index in [4.69, 9.17) is 14.7 Å². The lowest BCUT2D eigenvalue weighted by Crippen LogP contribution is -2.48. The molecule has 2 saturated heterocycles. The molecule has 1 aliphatic carbocycles. The number of piperazine rings is 1. The van der Waals surface area contributed by atoms with Crippen LogP contribution in [0.1, 0.15) is 30.6 Å². The number of benzene rings is 1. The normalized spacial score (nSPS) is 18.5. The number of hydrogen-bond acceptors (Lipinski definition) is 9. The molecule has 4 aromatic rings. The molecule has 1 aromatic carbocycles. The number of rotatable bonds is 9. The van der Waals surface area contributed by atoms with Crippen LogP contribution in [0.2, 0.25) is 0 Å². The number of ether oxygens (including phenoxy) is 1. The summed E-state index contributed by atoms with van der Waals surface area (Å²) in [6.07, 6.45) is 8.46. The Morgan fingerprint density at radius 3 is 2.69 bits per heavy atom. The minimum absolute atomic E-state index is 0.0581. The summed E-state index contributed by atoms with van der Waals surface area (Å²) in [5, 5.41) is 8.28. The number of aromatic amines is 1. The summed E-state index contributed by atoms with van der Waals surface area (Å²) in [6.45, 7) is 6.77. The van der Waals surface area contributed by atoms with Crippen molar-refractivity contribution in [1.82, 2.24) is 30.0 Å². The molecule has 0 atom stereocenters. The number of carbonyl (C=O) groups is 2. The van der Waals surface area contributed by atoms with Crippen LogP contribution < -0.4 is 4.90 Å². The van der Waals surface area contributed by atoms with Gasteiger partial charge in [-0.1, -0.05) is 18.2 Å². The van der Waals surface area contributed by atoms with Gasteiger partial charge in [-0.25, -0.2) is 9.97 Å². The van der Waals surface area contributed by atoms with Gasteiger partial charge in [0.15, 0.2) is 17.4 Å².